The first-order valence-electron chi connectivity index (χ1n) is 3.69. The highest BCUT2D eigenvalue weighted by Gasteiger charge is 1.91. The molecule has 1 aromatic carbocycles. The molecule has 3 heteroatoms. The van der Waals surface area contributed by atoms with Gasteiger partial charge in [0, 0.05) is 5.33 Å². The third-order valence-corrected chi connectivity index (χ3v) is 1.97. The molecule has 0 aliphatic rings. The normalized spacial score (nSPS) is 10.8. The molecule has 0 unspecified atom stereocenters. The van der Waals surface area contributed by atoms with Crippen molar-refractivity contribution in [3.8, 4) is 0 Å². The minimum absolute atomic E-state index is 0.913. The Morgan fingerprint density at radius 1 is 1.33 bits per heavy atom. The van der Waals surface area contributed by atoms with Gasteiger partial charge < -0.3 is 5.21 Å². The molecule has 64 valence electrons. The number of rotatable bonds is 3. The van der Waals surface area contributed by atoms with E-state index in [2.05, 4.69) is 21.1 Å². The predicted octanol–water partition coefficient (Wildman–Crippen LogP) is 2.43. The Labute approximate surface area is 80.0 Å². The zero-order chi connectivity index (χ0) is 8.81. The number of hydrogen-bond acceptors (Lipinski definition) is 2. The lowest BCUT2D eigenvalue weighted by Gasteiger charge is -1.97. The van der Waals surface area contributed by atoms with Crippen LogP contribution in [-0.2, 0) is 6.42 Å². The van der Waals surface area contributed by atoms with Crippen molar-refractivity contribution < 1.29 is 5.21 Å². The van der Waals surface area contributed by atoms with Gasteiger partial charge in [-0.1, -0.05) is 45.4 Å². The largest absolute Gasteiger partial charge is 0.411 e. The van der Waals surface area contributed by atoms with Crippen molar-refractivity contribution in [2.24, 2.45) is 5.16 Å². The summed E-state index contributed by atoms with van der Waals surface area (Å²) in [5.74, 6) is 0. The molecule has 1 rings (SSSR count). The lowest BCUT2D eigenvalue weighted by molar-refractivity contribution is 0.322. The summed E-state index contributed by atoms with van der Waals surface area (Å²) in [6, 6.07) is 7.91. The molecule has 0 bridgehead atoms. The van der Waals surface area contributed by atoms with Crippen LogP contribution in [0.5, 0.6) is 0 Å². The van der Waals surface area contributed by atoms with Crippen LogP contribution in [-0.4, -0.2) is 16.8 Å². The van der Waals surface area contributed by atoms with Crippen molar-refractivity contribution in [3.05, 3.63) is 35.4 Å². The first-order chi connectivity index (χ1) is 5.86. The summed E-state index contributed by atoms with van der Waals surface area (Å²) in [5, 5.41) is 12.2. The summed E-state index contributed by atoms with van der Waals surface area (Å²) in [5.41, 5.74) is 2.19. The van der Waals surface area contributed by atoms with Gasteiger partial charge >= 0.3 is 0 Å². The fraction of sp³-hybridized carbons (Fsp3) is 0.222. The molecular formula is C9H10BrNO. The molecule has 12 heavy (non-hydrogen) atoms. The highest BCUT2D eigenvalue weighted by Crippen LogP contribution is 2.04. The van der Waals surface area contributed by atoms with Gasteiger partial charge in [-0.05, 0) is 17.5 Å². The molecule has 0 spiro atoms. The van der Waals surface area contributed by atoms with Crippen LogP contribution in [0.3, 0.4) is 0 Å². The SMILES string of the molecule is ON=Cc1ccc(CCBr)cc1. The van der Waals surface area contributed by atoms with Crippen molar-refractivity contribution >= 4 is 22.1 Å². The highest BCUT2D eigenvalue weighted by molar-refractivity contribution is 9.09. The van der Waals surface area contributed by atoms with Crippen LogP contribution in [0.4, 0.5) is 0 Å². The van der Waals surface area contributed by atoms with Crippen molar-refractivity contribution in [2.75, 3.05) is 5.33 Å². The minimum Gasteiger partial charge on any atom is -0.411 e. The molecule has 2 nitrogen and oxygen atoms in total. The third kappa shape index (κ3) is 2.66. The monoisotopic (exact) mass is 227 g/mol. The number of aryl methyl sites for hydroxylation is 1. The first kappa shape index (κ1) is 9.26. The Bertz CT molecular complexity index is 256. The van der Waals surface area contributed by atoms with E-state index in [0.717, 1.165) is 17.3 Å². The number of nitrogens with zero attached hydrogens (tertiary/aromatic N) is 1. The number of oxime groups is 1. The molecule has 0 aromatic heterocycles. The van der Waals surface area contributed by atoms with Crippen LogP contribution in [0.2, 0.25) is 0 Å². The molecular weight excluding hydrogens is 218 g/mol. The van der Waals surface area contributed by atoms with E-state index >= 15 is 0 Å². The van der Waals surface area contributed by atoms with Crippen LogP contribution in [0.1, 0.15) is 11.1 Å². The van der Waals surface area contributed by atoms with Crippen LogP contribution in [0.15, 0.2) is 29.4 Å². The molecule has 0 radical (unpaired) electrons. The fourth-order valence-corrected chi connectivity index (χ4v) is 1.40. The van der Waals surface area contributed by atoms with Crippen LogP contribution >= 0.6 is 15.9 Å². The Morgan fingerprint density at radius 3 is 2.50 bits per heavy atom. The average molecular weight is 228 g/mol. The lowest BCUT2D eigenvalue weighted by Crippen LogP contribution is -1.86. The van der Waals surface area contributed by atoms with E-state index in [0.29, 0.717) is 0 Å². The Hall–Kier alpha value is -0.830. The van der Waals surface area contributed by atoms with Gasteiger partial charge in [0.05, 0.1) is 6.21 Å². The summed E-state index contributed by atoms with van der Waals surface area (Å²) in [6.45, 7) is 0. The zero-order valence-electron chi connectivity index (χ0n) is 6.57. The quantitative estimate of drug-likeness (QED) is 0.366. The number of alkyl halides is 1. The molecule has 0 amide bonds. The van der Waals surface area contributed by atoms with E-state index in [4.69, 9.17) is 5.21 Å². The summed E-state index contributed by atoms with van der Waals surface area (Å²) in [6.07, 6.45) is 2.44. The second-order valence-corrected chi connectivity index (χ2v) is 3.22. The molecule has 0 heterocycles. The second kappa shape index (κ2) is 4.93. The van der Waals surface area contributed by atoms with Gasteiger partial charge in [-0.2, -0.15) is 0 Å². The molecule has 0 aliphatic heterocycles. The maximum absolute atomic E-state index is 8.25. The minimum atomic E-state index is 0.913. The topological polar surface area (TPSA) is 32.6 Å². The van der Waals surface area contributed by atoms with Crippen LogP contribution in [0, 0.1) is 0 Å². The van der Waals surface area contributed by atoms with Gasteiger partial charge in [0.2, 0.25) is 0 Å². The maximum atomic E-state index is 8.25. The van der Waals surface area contributed by atoms with Gasteiger partial charge in [-0.25, -0.2) is 0 Å². The van der Waals surface area contributed by atoms with E-state index in [1.807, 2.05) is 24.3 Å². The molecule has 0 aliphatic carbocycles. The standard InChI is InChI=1S/C9H10BrNO/c10-6-5-8-1-3-9(4-2-8)7-11-12/h1-4,7,12H,5-6H2. The van der Waals surface area contributed by atoms with Gasteiger partial charge in [0.25, 0.3) is 0 Å². The summed E-state index contributed by atoms with van der Waals surface area (Å²) in [7, 11) is 0. The Balaban J connectivity index is 2.71. The molecule has 0 fully saturated rings. The van der Waals surface area contributed by atoms with Crippen LogP contribution in [0.25, 0.3) is 0 Å². The van der Waals surface area contributed by atoms with Gasteiger partial charge in [0.1, 0.15) is 0 Å². The first-order valence-corrected chi connectivity index (χ1v) is 4.81. The van der Waals surface area contributed by atoms with Crippen molar-refractivity contribution in [1.29, 1.82) is 0 Å². The van der Waals surface area contributed by atoms with E-state index < -0.39 is 0 Å². The van der Waals surface area contributed by atoms with E-state index in [-0.39, 0.29) is 0 Å². The highest BCUT2D eigenvalue weighted by atomic mass is 79.9. The second-order valence-electron chi connectivity index (χ2n) is 2.43. The molecule has 1 aromatic rings. The molecule has 0 saturated carbocycles. The summed E-state index contributed by atoms with van der Waals surface area (Å²) < 4.78 is 0. The third-order valence-electron chi connectivity index (χ3n) is 1.57. The zero-order valence-corrected chi connectivity index (χ0v) is 8.16. The molecule has 0 atom stereocenters. The fourth-order valence-electron chi connectivity index (χ4n) is 0.946. The molecule has 0 saturated heterocycles. The van der Waals surface area contributed by atoms with E-state index in [1.54, 1.807) is 0 Å². The lowest BCUT2D eigenvalue weighted by atomic mass is 10.1. The average Bonchev–Trinajstić information content (AvgIpc) is 2.09. The summed E-state index contributed by atoms with van der Waals surface area (Å²) >= 11 is 3.37. The van der Waals surface area contributed by atoms with Gasteiger partial charge in [0.15, 0.2) is 0 Å². The van der Waals surface area contributed by atoms with E-state index in [9.17, 15) is 0 Å². The molecule has 1 N–H and O–H groups in total. The summed E-state index contributed by atoms with van der Waals surface area (Å²) in [4.78, 5) is 0. The van der Waals surface area contributed by atoms with Crippen molar-refractivity contribution in [1.82, 2.24) is 0 Å². The predicted molar refractivity (Wildman–Crippen MR) is 53.3 cm³/mol. The smallest absolute Gasteiger partial charge is 0.0733 e. The Kier molecular flexibility index (Phi) is 3.80. The van der Waals surface area contributed by atoms with Crippen molar-refractivity contribution in [3.63, 3.8) is 0 Å². The van der Waals surface area contributed by atoms with Gasteiger partial charge in [-0.3, -0.25) is 0 Å². The van der Waals surface area contributed by atoms with Crippen molar-refractivity contribution in [2.45, 2.75) is 6.42 Å². The van der Waals surface area contributed by atoms with Gasteiger partial charge in [-0.15, -0.1) is 0 Å². The van der Waals surface area contributed by atoms with Crippen LogP contribution < -0.4 is 0 Å². The maximum Gasteiger partial charge on any atom is 0.0733 e. The Morgan fingerprint density at radius 2 is 2.00 bits per heavy atom. The number of halogens is 1. The number of benzene rings is 1. The number of hydrogen-bond donors (Lipinski definition) is 1. The van der Waals surface area contributed by atoms with E-state index in [1.165, 1.54) is 11.8 Å².